The fourth-order valence-corrected chi connectivity index (χ4v) is 2.24. The van der Waals surface area contributed by atoms with Crippen LogP contribution in [-0.4, -0.2) is 31.4 Å². The summed E-state index contributed by atoms with van der Waals surface area (Å²) in [6, 6.07) is 4.92. The van der Waals surface area contributed by atoms with E-state index in [0.29, 0.717) is 18.0 Å². The highest BCUT2D eigenvalue weighted by molar-refractivity contribution is 5.94. The normalized spacial score (nSPS) is 21.6. The zero-order valence-electron chi connectivity index (χ0n) is 11.9. The Bertz CT molecular complexity index is 494. The minimum Gasteiger partial charge on any atom is -0.406 e. The van der Waals surface area contributed by atoms with Crippen LogP contribution in [0.1, 0.15) is 23.7 Å². The zero-order valence-corrected chi connectivity index (χ0v) is 12.8. The maximum Gasteiger partial charge on any atom is 0.573 e. The largest absolute Gasteiger partial charge is 0.573 e. The molecule has 1 heterocycles. The molecule has 0 aromatic heterocycles. The number of benzene rings is 1. The Morgan fingerprint density at radius 3 is 2.50 bits per heavy atom. The number of piperidine rings is 1. The number of nitrogens with one attached hydrogen (secondary N) is 2. The van der Waals surface area contributed by atoms with Gasteiger partial charge in [0.1, 0.15) is 5.75 Å². The molecule has 1 fully saturated rings. The average Bonchev–Trinajstić information content (AvgIpc) is 2.40. The van der Waals surface area contributed by atoms with Gasteiger partial charge in [-0.15, -0.1) is 25.6 Å². The summed E-state index contributed by atoms with van der Waals surface area (Å²) in [5.41, 5.74) is 0.308. The van der Waals surface area contributed by atoms with Crippen molar-refractivity contribution < 1.29 is 22.7 Å². The molecule has 0 saturated carbocycles. The van der Waals surface area contributed by atoms with Crippen molar-refractivity contribution in [3.05, 3.63) is 29.8 Å². The highest BCUT2D eigenvalue weighted by Crippen LogP contribution is 2.22. The van der Waals surface area contributed by atoms with E-state index in [9.17, 15) is 18.0 Å². The predicted octanol–water partition coefficient (Wildman–Crippen LogP) is 2.73. The second-order valence-corrected chi connectivity index (χ2v) is 5.12. The molecule has 1 aliphatic rings. The van der Waals surface area contributed by atoms with E-state index in [1.807, 2.05) is 0 Å². The Kier molecular flexibility index (Phi) is 6.49. The molecule has 22 heavy (non-hydrogen) atoms. The standard InChI is InChI=1S/C14H17F3N2O2.ClH/c1-9-6-7-18-8-12(9)19-13(20)10-2-4-11(5-3-10)21-14(15,16)17;/h2-5,9,12,18H,6-8H2,1H3,(H,19,20);1H. The van der Waals surface area contributed by atoms with Crippen LogP contribution >= 0.6 is 12.4 Å². The van der Waals surface area contributed by atoms with Crippen molar-refractivity contribution in [2.45, 2.75) is 25.7 Å². The van der Waals surface area contributed by atoms with Gasteiger partial charge in [0.15, 0.2) is 0 Å². The third-order valence-corrected chi connectivity index (χ3v) is 3.49. The number of ether oxygens (including phenoxy) is 1. The van der Waals surface area contributed by atoms with Gasteiger partial charge in [0.25, 0.3) is 5.91 Å². The Labute approximate surface area is 132 Å². The summed E-state index contributed by atoms with van der Waals surface area (Å²) in [4.78, 5) is 12.1. The second-order valence-electron chi connectivity index (χ2n) is 5.12. The van der Waals surface area contributed by atoms with Crippen LogP contribution in [-0.2, 0) is 0 Å². The molecule has 4 nitrogen and oxygen atoms in total. The fourth-order valence-electron chi connectivity index (χ4n) is 2.24. The first-order valence-corrected chi connectivity index (χ1v) is 6.72. The van der Waals surface area contributed by atoms with E-state index in [0.717, 1.165) is 25.1 Å². The average molecular weight is 339 g/mol. The van der Waals surface area contributed by atoms with Gasteiger partial charge in [-0.3, -0.25) is 4.79 Å². The number of carbonyl (C=O) groups is 1. The Morgan fingerprint density at radius 2 is 1.95 bits per heavy atom. The van der Waals surface area contributed by atoms with Gasteiger partial charge in [0, 0.05) is 18.2 Å². The minimum absolute atomic E-state index is 0. The van der Waals surface area contributed by atoms with Gasteiger partial charge in [-0.1, -0.05) is 6.92 Å². The summed E-state index contributed by atoms with van der Waals surface area (Å²) in [6.07, 6.45) is -3.75. The van der Waals surface area contributed by atoms with Crippen LogP contribution in [0.2, 0.25) is 0 Å². The molecule has 1 amide bonds. The van der Waals surface area contributed by atoms with Crippen molar-refractivity contribution in [1.82, 2.24) is 10.6 Å². The third-order valence-electron chi connectivity index (χ3n) is 3.49. The van der Waals surface area contributed by atoms with Crippen molar-refractivity contribution in [1.29, 1.82) is 0 Å². The van der Waals surface area contributed by atoms with E-state index in [-0.39, 0.29) is 30.1 Å². The first kappa shape index (κ1) is 18.6. The van der Waals surface area contributed by atoms with Gasteiger partial charge in [-0.25, -0.2) is 0 Å². The summed E-state index contributed by atoms with van der Waals surface area (Å²) in [5, 5.41) is 6.09. The van der Waals surface area contributed by atoms with E-state index in [1.165, 1.54) is 12.1 Å². The fraction of sp³-hybridized carbons (Fsp3) is 0.500. The molecule has 1 aliphatic heterocycles. The van der Waals surface area contributed by atoms with Crippen molar-refractivity contribution >= 4 is 18.3 Å². The summed E-state index contributed by atoms with van der Waals surface area (Å²) < 4.78 is 39.9. The predicted molar refractivity (Wildman–Crippen MR) is 78.3 cm³/mol. The number of hydrogen-bond acceptors (Lipinski definition) is 3. The van der Waals surface area contributed by atoms with Crippen molar-refractivity contribution in [3.63, 3.8) is 0 Å². The third kappa shape index (κ3) is 5.38. The molecular formula is C14H18ClF3N2O2. The molecule has 0 bridgehead atoms. The molecule has 2 unspecified atom stereocenters. The maximum atomic E-state index is 12.1. The molecule has 2 N–H and O–H groups in total. The van der Waals surface area contributed by atoms with E-state index in [1.54, 1.807) is 0 Å². The SMILES string of the molecule is CC1CCNCC1NC(=O)c1ccc(OC(F)(F)F)cc1.Cl. The van der Waals surface area contributed by atoms with Crippen LogP contribution in [0.15, 0.2) is 24.3 Å². The molecule has 1 aromatic rings. The molecule has 8 heteroatoms. The second kappa shape index (κ2) is 7.69. The topological polar surface area (TPSA) is 50.4 Å². The van der Waals surface area contributed by atoms with Crippen LogP contribution in [0.3, 0.4) is 0 Å². The lowest BCUT2D eigenvalue weighted by atomic mass is 9.94. The quantitative estimate of drug-likeness (QED) is 0.891. The molecular weight excluding hydrogens is 321 g/mol. The number of amides is 1. The van der Waals surface area contributed by atoms with E-state index < -0.39 is 6.36 Å². The highest BCUT2D eigenvalue weighted by atomic mass is 35.5. The Hall–Kier alpha value is -1.47. The van der Waals surface area contributed by atoms with Crippen molar-refractivity contribution in [2.24, 2.45) is 5.92 Å². The van der Waals surface area contributed by atoms with E-state index >= 15 is 0 Å². The summed E-state index contributed by atoms with van der Waals surface area (Å²) in [6.45, 7) is 3.69. The van der Waals surface area contributed by atoms with E-state index in [4.69, 9.17) is 0 Å². The highest BCUT2D eigenvalue weighted by Gasteiger charge is 2.31. The monoisotopic (exact) mass is 338 g/mol. The number of hydrogen-bond donors (Lipinski definition) is 2. The van der Waals surface area contributed by atoms with Gasteiger partial charge in [-0.05, 0) is 43.1 Å². The van der Waals surface area contributed by atoms with Gasteiger partial charge in [0.05, 0.1) is 0 Å². The lowest BCUT2D eigenvalue weighted by Crippen LogP contribution is -2.50. The number of rotatable bonds is 3. The van der Waals surface area contributed by atoms with Crippen LogP contribution in [0, 0.1) is 5.92 Å². The minimum atomic E-state index is -4.73. The molecule has 0 radical (unpaired) electrons. The molecule has 2 atom stereocenters. The number of halogens is 4. The van der Waals surface area contributed by atoms with Crippen LogP contribution < -0.4 is 15.4 Å². The van der Waals surface area contributed by atoms with Gasteiger partial charge in [-0.2, -0.15) is 0 Å². The molecule has 0 spiro atoms. The van der Waals surface area contributed by atoms with Crippen LogP contribution in [0.5, 0.6) is 5.75 Å². The maximum absolute atomic E-state index is 12.1. The smallest absolute Gasteiger partial charge is 0.406 e. The van der Waals surface area contributed by atoms with Gasteiger partial charge in [0.2, 0.25) is 0 Å². The Morgan fingerprint density at radius 1 is 1.32 bits per heavy atom. The molecule has 2 rings (SSSR count). The number of carbonyl (C=O) groups excluding carboxylic acids is 1. The summed E-state index contributed by atoms with van der Waals surface area (Å²) in [5.74, 6) is -0.274. The van der Waals surface area contributed by atoms with Crippen LogP contribution in [0.4, 0.5) is 13.2 Å². The van der Waals surface area contributed by atoms with E-state index in [2.05, 4.69) is 22.3 Å². The molecule has 1 aromatic carbocycles. The van der Waals surface area contributed by atoms with Crippen LogP contribution in [0.25, 0.3) is 0 Å². The van der Waals surface area contributed by atoms with Gasteiger partial charge >= 0.3 is 6.36 Å². The zero-order chi connectivity index (χ0) is 15.5. The first-order valence-electron chi connectivity index (χ1n) is 6.72. The summed E-state index contributed by atoms with van der Waals surface area (Å²) in [7, 11) is 0. The lowest BCUT2D eigenvalue weighted by Gasteiger charge is -2.30. The van der Waals surface area contributed by atoms with Gasteiger partial charge < -0.3 is 15.4 Å². The first-order chi connectivity index (χ1) is 9.85. The number of alkyl halides is 3. The molecule has 1 saturated heterocycles. The molecule has 124 valence electrons. The van der Waals surface area contributed by atoms with Crippen molar-refractivity contribution in [3.8, 4) is 5.75 Å². The lowest BCUT2D eigenvalue weighted by molar-refractivity contribution is -0.274. The summed E-state index contributed by atoms with van der Waals surface area (Å²) >= 11 is 0. The molecule has 0 aliphatic carbocycles. The van der Waals surface area contributed by atoms with Crippen molar-refractivity contribution in [2.75, 3.05) is 13.1 Å². The Balaban J connectivity index is 0.00000242.